The molecule has 0 atom stereocenters. The molecule has 1 N–H and O–H groups in total. The van der Waals surface area contributed by atoms with Gasteiger partial charge >= 0.3 is 0 Å². The lowest BCUT2D eigenvalue weighted by atomic mass is 10.3. The first-order chi connectivity index (χ1) is 4.79. The van der Waals surface area contributed by atoms with Crippen molar-refractivity contribution in [2.24, 2.45) is 0 Å². The van der Waals surface area contributed by atoms with Crippen molar-refractivity contribution in [3.8, 4) is 0 Å². The zero-order valence-corrected chi connectivity index (χ0v) is 5.28. The zero-order chi connectivity index (χ0) is 7.40. The molecular weight excluding hydrogens is 134 g/mol. The Bertz CT molecular complexity index is 207. The van der Waals surface area contributed by atoms with Crippen LogP contribution in [0.1, 0.15) is 5.69 Å². The monoisotopic (exact) mass is 141 g/mol. The van der Waals surface area contributed by atoms with E-state index in [1.165, 1.54) is 6.33 Å². The Morgan fingerprint density at radius 2 is 2.60 bits per heavy atom. The van der Waals surface area contributed by atoms with Crippen LogP contribution in [0.25, 0.3) is 0 Å². The molecule has 5 nitrogen and oxygen atoms in total. The highest BCUT2D eigenvalue weighted by Gasteiger charge is 1.98. The average Bonchev–Trinajstić information content (AvgIpc) is 2.34. The molecule has 0 bridgehead atoms. The van der Waals surface area contributed by atoms with Gasteiger partial charge in [0.05, 0.1) is 12.7 Å². The van der Waals surface area contributed by atoms with E-state index < -0.39 is 0 Å². The Labute approximate surface area is 57.2 Å². The van der Waals surface area contributed by atoms with Crippen LogP contribution >= 0.6 is 0 Å². The molecule has 0 radical (unpaired) electrons. The second-order valence-corrected chi connectivity index (χ2v) is 1.88. The number of H-pyrrole nitrogens is 1. The summed E-state index contributed by atoms with van der Waals surface area (Å²) >= 11 is 0. The number of nitrogens with one attached hydrogen (secondary N) is 1. The number of aromatic nitrogens is 2. The third-order valence-electron chi connectivity index (χ3n) is 1.12. The first kappa shape index (κ1) is 6.73. The van der Waals surface area contributed by atoms with Crippen molar-refractivity contribution < 1.29 is 4.92 Å². The topological polar surface area (TPSA) is 71.8 Å². The van der Waals surface area contributed by atoms with Crippen molar-refractivity contribution in [1.82, 2.24) is 9.97 Å². The Balaban J connectivity index is 2.35. The van der Waals surface area contributed by atoms with Gasteiger partial charge in [-0.15, -0.1) is 0 Å². The summed E-state index contributed by atoms with van der Waals surface area (Å²) in [6.07, 6.45) is 3.52. The summed E-state index contributed by atoms with van der Waals surface area (Å²) in [4.78, 5) is 16.0. The van der Waals surface area contributed by atoms with Crippen molar-refractivity contribution in [3.63, 3.8) is 0 Å². The quantitative estimate of drug-likeness (QED) is 0.483. The molecule has 0 amide bonds. The van der Waals surface area contributed by atoms with Crippen molar-refractivity contribution in [3.05, 3.63) is 28.3 Å². The molecule has 0 aliphatic rings. The van der Waals surface area contributed by atoms with E-state index in [0.717, 1.165) is 5.69 Å². The Morgan fingerprint density at radius 3 is 3.10 bits per heavy atom. The highest BCUT2D eigenvalue weighted by Crippen LogP contribution is 1.91. The van der Waals surface area contributed by atoms with Gasteiger partial charge in [-0.05, 0) is 0 Å². The van der Waals surface area contributed by atoms with Gasteiger partial charge in [0.1, 0.15) is 0 Å². The van der Waals surface area contributed by atoms with Crippen LogP contribution in [-0.2, 0) is 6.42 Å². The number of nitro groups is 1. The van der Waals surface area contributed by atoms with Crippen molar-refractivity contribution >= 4 is 0 Å². The predicted molar refractivity (Wildman–Crippen MR) is 34.2 cm³/mol. The van der Waals surface area contributed by atoms with Crippen LogP contribution in [0.3, 0.4) is 0 Å². The number of hydrogen-bond acceptors (Lipinski definition) is 3. The van der Waals surface area contributed by atoms with Gasteiger partial charge in [0, 0.05) is 16.8 Å². The third kappa shape index (κ3) is 1.85. The van der Waals surface area contributed by atoms with Crippen molar-refractivity contribution in [2.75, 3.05) is 6.54 Å². The lowest BCUT2D eigenvalue weighted by molar-refractivity contribution is -0.479. The molecule has 1 aromatic rings. The fraction of sp³-hybridized carbons (Fsp3) is 0.400. The molecule has 1 rings (SSSR count). The van der Waals surface area contributed by atoms with Gasteiger partial charge in [-0.3, -0.25) is 10.1 Å². The van der Waals surface area contributed by atoms with Gasteiger partial charge in [0.15, 0.2) is 0 Å². The smallest absolute Gasteiger partial charge is 0.209 e. The van der Waals surface area contributed by atoms with E-state index in [9.17, 15) is 10.1 Å². The summed E-state index contributed by atoms with van der Waals surface area (Å²) in [6, 6.07) is 0. The molecule has 1 heterocycles. The molecule has 0 saturated heterocycles. The molecule has 1 aromatic heterocycles. The van der Waals surface area contributed by atoms with Crippen LogP contribution < -0.4 is 0 Å². The van der Waals surface area contributed by atoms with E-state index >= 15 is 0 Å². The lowest BCUT2D eigenvalue weighted by Crippen LogP contribution is -2.03. The first-order valence-corrected chi connectivity index (χ1v) is 2.88. The van der Waals surface area contributed by atoms with Crippen LogP contribution in [0.15, 0.2) is 12.5 Å². The van der Waals surface area contributed by atoms with Crippen molar-refractivity contribution in [1.29, 1.82) is 0 Å². The van der Waals surface area contributed by atoms with Crippen LogP contribution in [0.5, 0.6) is 0 Å². The fourth-order valence-electron chi connectivity index (χ4n) is 0.633. The number of rotatable bonds is 3. The third-order valence-corrected chi connectivity index (χ3v) is 1.12. The van der Waals surface area contributed by atoms with Gasteiger partial charge in [-0.25, -0.2) is 4.98 Å². The minimum absolute atomic E-state index is 0.0395. The Kier molecular flexibility index (Phi) is 1.99. The van der Waals surface area contributed by atoms with E-state index in [4.69, 9.17) is 0 Å². The Morgan fingerprint density at radius 1 is 1.80 bits per heavy atom. The SMILES string of the molecule is O=[N+]([O-])CCc1cnc[nH]1. The first-order valence-electron chi connectivity index (χ1n) is 2.88. The maximum Gasteiger partial charge on any atom is 0.209 e. The summed E-state index contributed by atoms with van der Waals surface area (Å²) in [5.41, 5.74) is 0.803. The zero-order valence-electron chi connectivity index (χ0n) is 5.28. The second kappa shape index (κ2) is 2.95. The van der Waals surface area contributed by atoms with Crippen LogP contribution in [0.2, 0.25) is 0 Å². The number of nitrogens with zero attached hydrogens (tertiary/aromatic N) is 2. The number of aromatic amines is 1. The van der Waals surface area contributed by atoms with E-state index in [2.05, 4.69) is 9.97 Å². The molecule has 0 spiro atoms. The lowest BCUT2D eigenvalue weighted by Gasteiger charge is -1.88. The van der Waals surface area contributed by atoms with E-state index in [-0.39, 0.29) is 11.5 Å². The van der Waals surface area contributed by atoms with Crippen LogP contribution in [0, 0.1) is 10.1 Å². The molecule has 5 heteroatoms. The summed E-state index contributed by atoms with van der Waals surface area (Å²) in [5.74, 6) is 0. The normalized spacial score (nSPS) is 9.60. The standard InChI is InChI=1S/C5H7N3O2/c9-8(10)2-1-5-3-6-4-7-5/h3-4H,1-2H2,(H,6,7). The maximum absolute atomic E-state index is 9.87. The fourth-order valence-corrected chi connectivity index (χ4v) is 0.633. The maximum atomic E-state index is 9.87. The predicted octanol–water partition coefficient (Wildman–Crippen LogP) is 0.229. The van der Waals surface area contributed by atoms with Gasteiger partial charge in [0.2, 0.25) is 6.54 Å². The molecular formula is C5H7N3O2. The van der Waals surface area contributed by atoms with E-state index in [1.54, 1.807) is 6.20 Å². The summed E-state index contributed by atoms with van der Waals surface area (Å²) in [6.45, 7) is -0.0395. The molecule has 0 unspecified atom stereocenters. The molecule has 0 aliphatic carbocycles. The molecule has 0 aliphatic heterocycles. The highest BCUT2D eigenvalue weighted by atomic mass is 16.6. The second-order valence-electron chi connectivity index (χ2n) is 1.88. The van der Waals surface area contributed by atoms with E-state index in [0.29, 0.717) is 6.42 Å². The largest absolute Gasteiger partial charge is 0.348 e. The van der Waals surface area contributed by atoms with Gasteiger partial charge in [-0.1, -0.05) is 0 Å². The molecule has 0 aromatic carbocycles. The van der Waals surface area contributed by atoms with Crippen molar-refractivity contribution in [2.45, 2.75) is 6.42 Å². The van der Waals surface area contributed by atoms with Gasteiger partial charge < -0.3 is 4.98 Å². The highest BCUT2D eigenvalue weighted by molar-refractivity contribution is 4.93. The Hall–Kier alpha value is -1.39. The minimum atomic E-state index is -0.346. The number of hydrogen-bond donors (Lipinski definition) is 1. The van der Waals surface area contributed by atoms with E-state index in [1.807, 2.05) is 0 Å². The van der Waals surface area contributed by atoms with Gasteiger partial charge in [-0.2, -0.15) is 0 Å². The average molecular weight is 141 g/mol. The van der Waals surface area contributed by atoms with Crippen LogP contribution in [-0.4, -0.2) is 21.4 Å². The number of imidazole rings is 1. The molecule has 0 saturated carbocycles. The van der Waals surface area contributed by atoms with Crippen LogP contribution in [0.4, 0.5) is 0 Å². The molecule has 54 valence electrons. The minimum Gasteiger partial charge on any atom is -0.348 e. The molecule has 10 heavy (non-hydrogen) atoms. The summed E-state index contributed by atoms with van der Waals surface area (Å²) in [7, 11) is 0. The molecule has 0 fully saturated rings. The summed E-state index contributed by atoms with van der Waals surface area (Å²) < 4.78 is 0. The van der Waals surface area contributed by atoms with Gasteiger partial charge in [0.25, 0.3) is 0 Å². The summed E-state index contributed by atoms with van der Waals surface area (Å²) in [5, 5.41) is 9.87.